The average molecular weight is 348 g/mol. The fourth-order valence-corrected chi connectivity index (χ4v) is 4.40. The van der Waals surface area contributed by atoms with E-state index >= 15 is 0 Å². The first kappa shape index (κ1) is 15.7. The smallest absolute Gasteiger partial charge is 0.227 e. The molecule has 26 heavy (non-hydrogen) atoms. The SMILES string of the molecule is CC1(C)CCc2c(-c3cc4ccc(N5CCCC5=O)cc4[nH]3)n[nH]c2C1. The van der Waals surface area contributed by atoms with Crippen molar-refractivity contribution in [3.63, 3.8) is 0 Å². The molecule has 5 nitrogen and oxygen atoms in total. The largest absolute Gasteiger partial charge is 0.353 e. The fraction of sp³-hybridized carbons (Fsp3) is 0.429. The Kier molecular flexibility index (Phi) is 3.30. The number of anilines is 1. The number of carbonyl (C=O) groups excluding carboxylic acids is 1. The van der Waals surface area contributed by atoms with Gasteiger partial charge in [0.25, 0.3) is 0 Å². The van der Waals surface area contributed by atoms with Crippen LogP contribution >= 0.6 is 0 Å². The molecule has 3 aromatic rings. The summed E-state index contributed by atoms with van der Waals surface area (Å²) in [7, 11) is 0. The van der Waals surface area contributed by atoms with Crippen molar-refractivity contribution in [3.8, 4) is 11.4 Å². The van der Waals surface area contributed by atoms with Gasteiger partial charge in [-0.2, -0.15) is 5.10 Å². The Balaban J connectivity index is 1.53. The first-order chi connectivity index (χ1) is 12.5. The number of amides is 1. The second kappa shape index (κ2) is 5.47. The molecule has 5 rings (SSSR count). The van der Waals surface area contributed by atoms with Gasteiger partial charge in [-0.05, 0) is 49.3 Å². The molecule has 0 saturated carbocycles. The van der Waals surface area contributed by atoms with Crippen LogP contribution in [0.3, 0.4) is 0 Å². The van der Waals surface area contributed by atoms with Crippen LogP contribution in [0.1, 0.15) is 44.4 Å². The van der Waals surface area contributed by atoms with Crippen LogP contribution in [0, 0.1) is 5.41 Å². The van der Waals surface area contributed by atoms with E-state index in [1.807, 2.05) is 11.0 Å². The van der Waals surface area contributed by atoms with Crippen molar-refractivity contribution in [2.45, 2.75) is 46.0 Å². The molecule has 1 amide bonds. The summed E-state index contributed by atoms with van der Waals surface area (Å²) in [5.74, 6) is 0.222. The molecule has 2 aromatic heterocycles. The number of H-pyrrole nitrogens is 2. The quantitative estimate of drug-likeness (QED) is 0.729. The molecular formula is C21H24N4O. The number of aromatic amines is 2. The number of hydrogen-bond acceptors (Lipinski definition) is 2. The lowest BCUT2D eigenvalue weighted by atomic mass is 9.76. The Morgan fingerprint density at radius 2 is 2.08 bits per heavy atom. The number of nitrogens with one attached hydrogen (secondary N) is 2. The molecule has 1 aliphatic heterocycles. The highest BCUT2D eigenvalue weighted by Crippen LogP contribution is 2.38. The van der Waals surface area contributed by atoms with Crippen molar-refractivity contribution >= 4 is 22.5 Å². The van der Waals surface area contributed by atoms with E-state index < -0.39 is 0 Å². The Hall–Kier alpha value is -2.56. The van der Waals surface area contributed by atoms with Gasteiger partial charge < -0.3 is 9.88 Å². The molecule has 2 N–H and O–H groups in total. The van der Waals surface area contributed by atoms with E-state index in [1.165, 1.54) is 17.7 Å². The minimum absolute atomic E-state index is 0.222. The van der Waals surface area contributed by atoms with Crippen LogP contribution in [0.25, 0.3) is 22.3 Å². The predicted octanol–water partition coefficient (Wildman–Crippen LogP) is 4.20. The van der Waals surface area contributed by atoms with Gasteiger partial charge in [0.15, 0.2) is 0 Å². The summed E-state index contributed by atoms with van der Waals surface area (Å²) in [6.45, 7) is 5.46. The lowest BCUT2D eigenvalue weighted by Crippen LogP contribution is -2.23. The average Bonchev–Trinajstić information content (AvgIpc) is 3.29. The molecule has 0 unspecified atom stereocenters. The van der Waals surface area contributed by atoms with Gasteiger partial charge in [-0.15, -0.1) is 0 Å². The van der Waals surface area contributed by atoms with E-state index in [0.717, 1.165) is 53.8 Å². The molecule has 0 atom stereocenters. The van der Waals surface area contributed by atoms with Crippen LogP contribution in [0.2, 0.25) is 0 Å². The van der Waals surface area contributed by atoms with E-state index in [4.69, 9.17) is 0 Å². The lowest BCUT2D eigenvalue weighted by Gasteiger charge is -2.28. The molecule has 1 fully saturated rings. The van der Waals surface area contributed by atoms with Gasteiger partial charge in [0.05, 0.1) is 5.69 Å². The van der Waals surface area contributed by atoms with Crippen molar-refractivity contribution in [2.75, 3.05) is 11.4 Å². The van der Waals surface area contributed by atoms with Crippen LogP contribution in [0.5, 0.6) is 0 Å². The molecule has 0 bridgehead atoms. The maximum absolute atomic E-state index is 12.0. The van der Waals surface area contributed by atoms with Gasteiger partial charge in [0.1, 0.15) is 5.69 Å². The summed E-state index contributed by atoms with van der Waals surface area (Å²) in [5.41, 5.74) is 7.12. The normalized spacial score (nSPS) is 19.3. The highest BCUT2D eigenvalue weighted by atomic mass is 16.2. The topological polar surface area (TPSA) is 64.8 Å². The Morgan fingerprint density at radius 1 is 1.19 bits per heavy atom. The molecule has 1 aromatic carbocycles. The number of aromatic nitrogens is 3. The third-order valence-corrected chi connectivity index (χ3v) is 5.91. The van der Waals surface area contributed by atoms with E-state index in [-0.39, 0.29) is 5.91 Å². The zero-order chi connectivity index (χ0) is 17.9. The molecule has 2 aliphatic rings. The van der Waals surface area contributed by atoms with Gasteiger partial charge in [0, 0.05) is 40.8 Å². The van der Waals surface area contributed by atoms with Crippen molar-refractivity contribution < 1.29 is 4.79 Å². The van der Waals surface area contributed by atoms with Crippen LogP contribution in [-0.4, -0.2) is 27.6 Å². The third kappa shape index (κ3) is 2.45. The summed E-state index contributed by atoms with van der Waals surface area (Å²) in [6.07, 6.45) is 4.91. The summed E-state index contributed by atoms with van der Waals surface area (Å²) in [4.78, 5) is 17.4. The molecule has 0 spiro atoms. The molecule has 0 radical (unpaired) electrons. The summed E-state index contributed by atoms with van der Waals surface area (Å²) in [5, 5.41) is 9.04. The molecule has 1 saturated heterocycles. The number of fused-ring (bicyclic) bond motifs is 2. The Morgan fingerprint density at radius 3 is 2.88 bits per heavy atom. The van der Waals surface area contributed by atoms with Gasteiger partial charge in [-0.25, -0.2) is 0 Å². The summed E-state index contributed by atoms with van der Waals surface area (Å²) < 4.78 is 0. The van der Waals surface area contributed by atoms with Crippen molar-refractivity contribution in [2.24, 2.45) is 5.41 Å². The molecule has 134 valence electrons. The first-order valence-corrected chi connectivity index (χ1v) is 9.50. The number of carbonyl (C=O) groups is 1. The Labute approximate surface area is 152 Å². The van der Waals surface area contributed by atoms with Crippen molar-refractivity contribution in [1.29, 1.82) is 0 Å². The van der Waals surface area contributed by atoms with Gasteiger partial charge in [-0.1, -0.05) is 19.9 Å². The first-order valence-electron chi connectivity index (χ1n) is 9.50. The monoisotopic (exact) mass is 348 g/mol. The highest BCUT2D eigenvalue weighted by Gasteiger charge is 2.29. The zero-order valence-electron chi connectivity index (χ0n) is 15.4. The number of rotatable bonds is 2. The minimum atomic E-state index is 0.222. The molecular weight excluding hydrogens is 324 g/mol. The number of nitrogens with zero attached hydrogens (tertiary/aromatic N) is 2. The Bertz CT molecular complexity index is 1010. The van der Waals surface area contributed by atoms with Crippen molar-refractivity contribution in [1.82, 2.24) is 15.2 Å². The number of benzene rings is 1. The predicted molar refractivity (Wildman–Crippen MR) is 103 cm³/mol. The van der Waals surface area contributed by atoms with E-state index in [1.54, 1.807) is 0 Å². The third-order valence-electron chi connectivity index (χ3n) is 5.91. The van der Waals surface area contributed by atoms with Gasteiger partial charge in [0.2, 0.25) is 5.91 Å². The summed E-state index contributed by atoms with van der Waals surface area (Å²) in [6, 6.07) is 8.40. The maximum Gasteiger partial charge on any atom is 0.227 e. The second-order valence-electron chi connectivity index (χ2n) is 8.47. The number of hydrogen-bond donors (Lipinski definition) is 2. The van der Waals surface area contributed by atoms with Crippen LogP contribution in [0.4, 0.5) is 5.69 Å². The molecule has 1 aliphatic carbocycles. The van der Waals surface area contributed by atoms with Crippen LogP contribution < -0.4 is 4.90 Å². The van der Waals surface area contributed by atoms with Gasteiger partial charge in [-0.3, -0.25) is 9.89 Å². The van der Waals surface area contributed by atoms with Crippen LogP contribution in [0.15, 0.2) is 24.3 Å². The maximum atomic E-state index is 12.0. The second-order valence-corrected chi connectivity index (χ2v) is 8.47. The van der Waals surface area contributed by atoms with Crippen molar-refractivity contribution in [3.05, 3.63) is 35.5 Å². The van der Waals surface area contributed by atoms with E-state index in [2.05, 4.69) is 47.2 Å². The molecule has 5 heteroatoms. The lowest BCUT2D eigenvalue weighted by molar-refractivity contribution is -0.117. The zero-order valence-corrected chi connectivity index (χ0v) is 15.4. The minimum Gasteiger partial charge on any atom is -0.353 e. The summed E-state index contributed by atoms with van der Waals surface area (Å²) >= 11 is 0. The fourth-order valence-electron chi connectivity index (χ4n) is 4.40. The van der Waals surface area contributed by atoms with E-state index in [0.29, 0.717) is 11.8 Å². The van der Waals surface area contributed by atoms with E-state index in [9.17, 15) is 4.79 Å². The molecule has 3 heterocycles. The van der Waals surface area contributed by atoms with Gasteiger partial charge >= 0.3 is 0 Å². The van der Waals surface area contributed by atoms with Crippen LogP contribution in [-0.2, 0) is 17.6 Å². The standard InChI is InChI=1S/C21H24N4O/c1-21(2)8-7-15-18(12-21)23-24-20(15)17-10-13-5-6-14(11-16(13)22-17)25-9-3-4-19(25)26/h5-6,10-11,22H,3-4,7-9,12H2,1-2H3,(H,23,24). The highest BCUT2D eigenvalue weighted by molar-refractivity contribution is 5.98.